The molecule has 0 aliphatic carbocycles. The Kier molecular flexibility index (Phi) is 0.478. The van der Waals surface area contributed by atoms with Crippen LogP contribution in [0.5, 0.6) is 11.6 Å². The van der Waals surface area contributed by atoms with Crippen LogP contribution in [0.2, 0.25) is 0 Å². The van der Waals surface area contributed by atoms with Crippen molar-refractivity contribution in [2.45, 2.75) is 0 Å². The second kappa shape index (κ2) is 1.03. The predicted molar refractivity (Wildman–Crippen MR) is 27.7 cm³/mol. The van der Waals surface area contributed by atoms with Crippen molar-refractivity contribution in [1.82, 2.24) is 9.94 Å². The fraction of sp³-hybridized carbons (Fsp3) is 0. The molecule has 0 radical (unpaired) electrons. The summed E-state index contributed by atoms with van der Waals surface area (Å²) in [6, 6.07) is 0. The average molecular weight is 160 g/mol. The Morgan fingerprint density at radius 1 is 1.60 bits per heavy atom. The first kappa shape index (κ1) is 4.62. The highest BCUT2D eigenvalue weighted by Crippen LogP contribution is 2.59. The fourth-order valence-corrected chi connectivity index (χ4v) is 1.97. The Morgan fingerprint density at radius 3 is 3.10 bits per heavy atom. The van der Waals surface area contributed by atoms with E-state index in [0.717, 1.165) is 4.85 Å². The summed E-state index contributed by atoms with van der Waals surface area (Å²) in [5.74, 6) is 0.629. The van der Waals surface area contributed by atoms with Crippen LogP contribution in [0, 0.1) is 0 Å². The molecular weight excluding hydrogens is 159 g/mol. The lowest BCUT2D eigenvalue weighted by atomic mass is 10.6. The molecule has 4 rings (SSSR count). The molecule has 4 heterocycles. The third-order valence-electron chi connectivity index (χ3n) is 1.22. The molecule has 0 fully saturated rings. The summed E-state index contributed by atoms with van der Waals surface area (Å²) in [5, 5.41) is 3.68. The molecule has 0 N–H and O–H groups in total. The zero-order valence-corrected chi connectivity index (χ0v) is 5.45. The van der Waals surface area contributed by atoms with Crippen LogP contribution in [0.1, 0.15) is 0 Å². The van der Waals surface area contributed by atoms with Crippen molar-refractivity contribution in [1.29, 1.82) is 0 Å². The van der Waals surface area contributed by atoms with Gasteiger partial charge in [0.1, 0.15) is 6.20 Å². The normalized spacial score (nSPS) is 31.2. The highest BCUT2D eigenvalue weighted by atomic mass is 31.2. The zero-order valence-electron chi connectivity index (χ0n) is 4.55. The second-order valence-corrected chi connectivity index (χ2v) is 3.34. The highest BCUT2D eigenvalue weighted by molar-refractivity contribution is 7.50. The summed E-state index contributed by atoms with van der Waals surface area (Å²) in [7, 11) is -3.30. The molecule has 1 aromatic heterocycles. The van der Waals surface area contributed by atoms with Crippen LogP contribution in [0.4, 0.5) is 0 Å². The molecule has 0 saturated heterocycles. The molecule has 1 aromatic rings. The van der Waals surface area contributed by atoms with Gasteiger partial charge in [-0.3, -0.25) is 4.62 Å². The number of hydrogen-bond acceptors (Lipinski definition) is 5. The molecule has 3 aliphatic rings. The summed E-state index contributed by atoms with van der Waals surface area (Å²) < 4.78 is 25.1. The van der Waals surface area contributed by atoms with Crippen molar-refractivity contribution in [2.75, 3.05) is 0 Å². The molecule has 10 heavy (non-hydrogen) atoms. The Balaban J connectivity index is 2.43. The molecule has 0 spiro atoms. The smallest absolute Gasteiger partial charge is 0.377 e. The summed E-state index contributed by atoms with van der Waals surface area (Å²) >= 11 is 0. The molecule has 6 nitrogen and oxygen atoms in total. The monoisotopic (exact) mass is 160 g/mol. The highest BCUT2D eigenvalue weighted by Gasteiger charge is 2.49. The van der Waals surface area contributed by atoms with Crippen molar-refractivity contribution in [3.63, 3.8) is 0 Å². The van der Waals surface area contributed by atoms with Crippen LogP contribution in [-0.4, -0.2) is 9.94 Å². The molecule has 1 unspecified atom stereocenters. The van der Waals surface area contributed by atoms with Gasteiger partial charge in [-0.1, -0.05) is 9.94 Å². The van der Waals surface area contributed by atoms with E-state index in [1.54, 1.807) is 0 Å². The van der Waals surface area contributed by atoms with Gasteiger partial charge in [0, 0.05) is 0 Å². The zero-order chi connectivity index (χ0) is 6.77. The fourth-order valence-electron chi connectivity index (χ4n) is 0.872. The van der Waals surface area contributed by atoms with E-state index in [0.29, 0.717) is 5.75 Å². The second-order valence-electron chi connectivity index (χ2n) is 1.91. The van der Waals surface area contributed by atoms with Gasteiger partial charge < -0.3 is 9.05 Å². The first-order chi connectivity index (χ1) is 4.75. The van der Waals surface area contributed by atoms with Crippen molar-refractivity contribution in [3.8, 4) is 11.6 Å². The molecular formula is C3HN2O4P. The Bertz CT molecular complexity index is 322. The standard InChI is InChI=1S/C3HN2O4P/c6-10-7-2-1-5(9-10)4-3(2)8-10/h1H. The summed E-state index contributed by atoms with van der Waals surface area (Å²) in [6.45, 7) is 0. The van der Waals surface area contributed by atoms with Gasteiger partial charge in [0.25, 0.3) is 5.88 Å². The van der Waals surface area contributed by atoms with Gasteiger partial charge in [0.05, 0.1) is 0 Å². The first-order valence-electron chi connectivity index (χ1n) is 2.54. The Hall–Kier alpha value is -1.16. The molecule has 0 aromatic carbocycles. The predicted octanol–water partition coefficient (Wildman–Crippen LogP) is 0.205. The number of phosphoric ester groups is 1. The lowest BCUT2D eigenvalue weighted by molar-refractivity contribution is 0.144. The van der Waals surface area contributed by atoms with E-state index in [-0.39, 0.29) is 5.88 Å². The Labute approximate surface area is 54.9 Å². The topological polar surface area (TPSA) is 62.6 Å². The van der Waals surface area contributed by atoms with E-state index in [4.69, 9.17) is 4.52 Å². The molecule has 7 heteroatoms. The quantitative estimate of drug-likeness (QED) is 0.507. The SMILES string of the molecule is O=P12Oc3cn(nc3O1)O2. The molecule has 3 aliphatic heterocycles. The van der Waals surface area contributed by atoms with Crippen LogP contribution >= 0.6 is 7.82 Å². The number of rotatable bonds is 0. The van der Waals surface area contributed by atoms with E-state index in [1.807, 2.05) is 0 Å². The number of aromatic nitrogens is 2. The van der Waals surface area contributed by atoms with E-state index >= 15 is 0 Å². The maximum atomic E-state index is 11.1. The van der Waals surface area contributed by atoms with Crippen molar-refractivity contribution in [2.24, 2.45) is 0 Å². The van der Waals surface area contributed by atoms with Crippen LogP contribution < -0.4 is 13.7 Å². The molecule has 52 valence electrons. The van der Waals surface area contributed by atoms with Gasteiger partial charge in [-0.15, -0.1) is 0 Å². The third kappa shape index (κ3) is 0.349. The maximum absolute atomic E-state index is 11.1. The molecule has 1 atom stereocenters. The number of nitrogens with zero attached hydrogens (tertiary/aromatic N) is 2. The third-order valence-corrected chi connectivity index (χ3v) is 2.40. The van der Waals surface area contributed by atoms with Gasteiger partial charge in [0.2, 0.25) is 5.75 Å². The number of hydrogen-bond donors (Lipinski definition) is 0. The number of phosphoric acid groups is 1. The molecule has 0 amide bonds. The minimum absolute atomic E-state index is 0.245. The van der Waals surface area contributed by atoms with Gasteiger partial charge >= 0.3 is 7.82 Å². The summed E-state index contributed by atoms with van der Waals surface area (Å²) in [5.41, 5.74) is 0. The lowest BCUT2D eigenvalue weighted by Gasteiger charge is -2.13. The van der Waals surface area contributed by atoms with Gasteiger partial charge in [-0.25, -0.2) is 0 Å². The van der Waals surface area contributed by atoms with E-state index in [2.05, 4.69) is 14.2 Å². The summed E-state index contributed by atoms with van der Waals surface area (Å²) in [4.78, 5) is 1.08. The van der Waals surface area contributed by atoms with E-state index in [9.17, 15) is 4.57 Å². The summed E-state index contributed by atoms with van der Waals surface area (Å²) in [6.07, 6.45) is 1.46. The largest absolute Gasteiger partial charge is 0.669 e. The van der Waals surface area contributed by atoms with Crippen LogP contribution in [-0.2, 0) is 4.57 Å². The molecule has 4 bridgehead atoms. The maximum Gasteiger partial charge on any atom is 0.669 e. The lowest BCUT2D eigenvalue weighted by Crippen LogP contribution is -2.18. The first-order valence-corrected chi connectivity index (χ1v) is 4.00. The van der Waals surface area contributed by atoms with Crippen molar-refractivity contribution in [3.05, 3.63) is 6.20 Å². The van der Waals surface area contributed by atoms with Crippen LogP contribution in [0.3, 0.4) is 0 Å². The van der Waals surface area contributed by atoms with Gasteiger partial charge in [-0.05, 0) is 0 Å². The Morgan fingerprint density at radius 2 is 2.50 bits per heavy atom. The molecule has 0 saturated carbocycles. The average Bonchev–Trinajstić information content (AvgIpc) is 2.16. The van der Waals surface area contributed by atoms with Gasteiger partial charge in [0.15, 0.2) is 0 Å². The van der Waals surface area contributed by atoms with Crippen molar-refractivity contribution < 1.29 is 18.2 Å². The van der Waals surface area contributed by atoms with E-state index in [1.165, 1.54) is 6.20 Å². The van der Waals surface area contributed by atoms with Crippen molar-refractivity contribution >= 4 is 7.82 Å². The minimum atomic E-state index is -3.30. The van der Waals surface area contributed by atoms with Crippen LogP contribution in [0.25, 0.3) is 0 Å². The minimum Gasteiger partial charge on any atom is -0.377 e. The van der Waals surface area contributed by atoms with Crippen LogP contribution in [0.15, 0.2) is 6.20 Å². The van der Waals surface area contributed by atoms with E-state index < -0.39 is 7.82 Å². The van der Waals surface area contributed by atoms with Gasteiger partial charge in [-0.2, -0.15) is 4.57 Å².